The number of nitrogens with zero attached hydrogens (tertiary/aromatic N) is 6. The van der Waals surface area contributed by atoms with Crippen molar-refractivity contribution in [3.63, 3.8) is 0 Å². The first-order chi connectivity index (χ1) is 29.2. The number of hydrogen-bond acceptors (Lipinski definition) is 10. The smallest absolute Gasteiger partial charge is 0.244 e. The maximum Gasteiger partial charge on any atom is 0.244 e. The second-order valence-corrected chi connectivity index (χ2v) is 21.9. The average molecular weight is 979 g/mol. The predicted molar refractivity (Wildman–Crippen MR) is 252 cm³/mol. The zero-order valence-electron chi connectivity index (χ0n) is 33.5. The summed E-state index contributed by atoms with van der Waals surface area (Å²) < 4.78 is 54.9. The number of benzene rings is 4. The SMILES string of the molecule is CCc1ccc(Cc2csc(N3CCN(S(=O)(=O)c4cc(Cl)ccc4Cl)CC3)n2)cc1.Cc1ccc(Cc2csc(N3CCN(S(=O)(=O)c4cc(Cl)ccc4Cl)CC3)n2)cc1. The molecule has 0 atom stereocenters. The number of hydrogen-bond donors (Lipinski definition) is 0. The summed E-state index contributed by atoms with van der Waals surface area (Å²) in [4.78, 5) is 13.9. The van der Waals surface area contributed by atoms with Crippen molar-refractivity contribution in [2.45, 2.75) is 42.9 Å². The number of thiazole rings is 2. The first kappa shape index (κ1) is 45.7. The van der Waals surface area contributed by atoms with Crippen LogP contribution in [0.25, 0.3) is 0 Å². The molecule has 0 spiro atoms. The van der Waals surface area contributed by atoms with Gasteiger partial charge in [-0.25, -0.2) is 26.8 Å². The standard InChI is InChI=1S/C22H23Cl2N3O2S2.C21H21Cl2N3O2S2/c1-2-16-3-5-17(6-4-16)13-19-15-30-22(25-19)26-9-11-27(12-10-26)31(28,29)21-14-18(23)7-8-20(21)24;1-15-2-4-16(5-3-15)12-18-14-29-21(24-18)25-8-10-26(11-9-25)30(27,28)20-13-17(22)6-7-19(20)23/h3-8,14-15H,2,9-13H2,1H3;2-7,13-14H,8-12H2,1H3. The van der Waals surface area contributed by atoms with Gasteiger partial charge in [0, 0.05) is 86.0 Å². The van der Waals surface area contributed by atoms with Crippen molar-refractivity contribution >= 4 is 99.4 Å². The lowest BCUT2D eigenvalue weighted by molar-refractivity contribution is 0.384. The third kappa shape index (κ3) is 11.3. The lowest BCUT2D eigenvalue weighted by Gasteiger charge is -2.34. The van der Waals surface area contributed by atoms with Gasteiger partial charge >= 0.3 is 0 Å². The van der Waals surface area contributed by atoms with Crippen LogP contribution in [0.2, 0.25) is 20.1 Å². The summed E-state index contributed by atoms with van der Waals surface area (Å²) in [5, 5.41) is 7.07. The maximum atomic E-state index is 13.0. The molecule has 2 aliphatic heterocycles. The Morgan fingerprint density at radius 2 is 0.918 bits per heavy atom. The molecule has 0 N–H and O–H groups in total. The summed E-state index contributed by atoms with van der Waals surface area (Å²) in [6, 6.07) is 26.1. The first-order valence-electron chi connectivity index (χ1n) is 19.6. The van der Waals surface area contributed by atoms with E-state index in [9.17, 15) is 16.8 Å². The molecular formula is C43H44Cl4N6O4S4. The fourth-order valence-electron chi connectivity index (χ4n) is 6.93. The van der Waals surface area contributed by atoms with Gasteiger partial charge in [-0.2, -0.15) is 8.61 Å². The normalized spacial score (nSPS) is 15.4. The molecule has 0 saturated carbocycles. The fourth-order valence-corrected chi connectivity index (χ4v) is 13.0. The molecule has 2 aromatic heterocycles. The van der Waals surface area contributed by atoms with Crippen molar-refractivity contribution in [1.29, 1.82) is 0 Å². The number of anilines is 2. The molecule has 8 rings (SSSR count). The number of sulfonamides is 2. The second-order valence-electron chi connectivity index (χ2n) is 14.7. The molecule has 0 bridgehead atoms. The topological polar surface area (TPSA) is 107 Å². The molecule has 0 amide bonds. The number of rotatable bonds is 11. The van der Waals surface area contributed by atoms with Crippen LogP contribution in [0.1, 0.15) is 40.6 Å². The molecule has 2 saturated heterocycles. The van der Waals surface area contributed by atoms with Crippen LogP contribution in [0.4, 0.5) is 10.3 Å². The third-order valence-corrected chi connectivity index (χ3v) is 17.6. The highest BCUT2D eigenvalue weighted by atomic mass is 35.5. The summed E-state index contributed by atoms with van der Waals surface area (Å²) in [7, 11) is -7.38. The fraction of sp³-hybridized carbons (Fsp3) is 0.302. The van der Waals surface area contributed by atoms with Crippen LogP contribution in [0, 0.1) is 6.92 Å². The van der Waals surface area contributed by atoms with Crippen LogP contribution in [-0.2, 0) is 39.3 Å². The van der Waals surface area contributed by atoms with E-state index in [-0.39, 0.29) is 19.8 Å². The van der Waals surface area contributed by atoms with Gasteiger partial charge in [0.05, 0.1) is 21.4 Å². The maximum absolute atomic E-state index is 13.0. The molecule has 10 nitrogen and oxygen atoms in total. The lowest BCUT2D eigenvalue weighted by Crippen LogP contribution is -2.48. The minimum Gasteiger partial charge on any atom is -0.345 e. The van der Waals surface area contributed by atoms with E-state index < -0.39 is 20.0 Å². The van der Waals surface area contributed by atoms with Crippen LogP contribution < -0.4 is 9.80 Å². The zero-order valence-corrected chi connectivity index (χ0v) is 39.8. The largest absolute Gasteiger partial charge is 0.345 e. The van der Waals surface area contributed by atoms with Crippen molar-refractivity contribution in [2.24, 2.45) is 0 Å². The molecule has 2 aliphatic rings. The summed E-state index contributed by atoms with van der Waals surface area (Å²) in [5.41, 5.74) is 7.10. The van der Waals surface area contributed by atoms with Gasteiger partial charge in [0.15, 0.2) is 10.3 Å². The van der Waals surface area contributed by atoms with Gasteiger partial charge in [0.1, 0.15) is 9.79 Å². The zero-order chi connectivity index (χ0) is 43.3. The Kier molecular flexibility index (Phi) is 15.0. The molecular weight excluding hydrogens is 935 g/mol. The third-order valence-electron chi connectivity index (χ3n) is 10.4. The highest BCUT2D eigenvalue weighted by molar-refractivity contribution is 7.89. The molecule has 0 aliphatic carbocycles. The van der Waals surface area contributed by atoms with Gasteiger partial charge in [-0.05, 0) is 66.4 Å². The Bertz CT molecular complexity index is 2660. The second kappa shape index (κ2) is 20.0. The van der Waals surface area contributed by atoms with E-state index in [1.54, 1.807) is 34.8 Å². The molecule has 0 radical (unpaired) electrons. The molecule has 0 unspecified atom stereocenters. The van der Waals surface area contributed by atoms with Gasteiger partial charge in [-0.3, -0.25) is 0 Å². The summed E-state index contributed by atoms with van der Waals surface area (Å²) in [6.45, 7) is 8.03. The molecule has 18 heteroatoms. The van der Waals surface area contributed by atoms with Gasteiger partial charge in [0.2, 0.25) is 20.0 Å². The van der Waals surface area contributed by atoms with E-state index in [0.717, 1.165) is 40.9 Å². The molecule has 322 valence electrons. The van der Waals surface area contributed by atoms with Crippen molar-refractivity contribution in [3.05, 3.63) is 149 Å². The van der Waals surface area contributed by atoms with Gasteiger partial charge in [0.25, 0.3) is 0 Å². The van der Waals surface area contributed by atoms with E-state index >= 15 is 0 Å². The predicted octanol–water partition coefficient (Wildman–Crippen LogP) is 9.97. The highest BCUT2D eigenvalue weighted by Gasteiger charge is 2.32. The van der Waals surface area contributed by atoms with Crippen LogP contribution >= 0.6 is 69.1 Å². The van der Waals surface area contributed by atoms with E-state index in [2.05, 4.69) is 82.9 Å². The van der Waals surface area contributed by atoms with Crippen molar-refractivity contribution in [3.8, 4) is 0 Å². The quantitative estimate of drug-likeness (QED) is 0.126. The highest BCUT2D eigenvalue weighted by Crippen LogP contribution is 2.32. The van der Waals surface area contributed by atoms with E-state index in [1.807, 2.05) is 0 Å². The van der Waals surface area contributed by atoms with Crippen molar-refractivity contribution in [1.82, 2.24) is 18.6 Å². The van der Waals surface area contributed by atoms with Gasteiger partial charge < -0.3 is 9.80 Å². The Labute approximate surface area is 386 Å². The van der Waals surface area contributed by atoms with Gasteiger partial charge in [-0.1, -0.05) is 107 Å². The van der Waals surface area contributed by atoms with Crippen LogP contribution in [0.15, 0.2) is 105 Å². The summed E-state index contributed by atoms with van der Waals surface area (Å²) in [5.74, 6) is 0. The Hall–Kier alpha value is -3.28. The van der Waals surface area contributed by atoms with Crippen LogP contribution in [0.5, 0.6) is 0 Å². The molecule has 4 heterocycles. The van der Waals surface area contributed by atoms with E-state index in [0.29, 0.717) is 62.4 Å². The van der Waals surface area contributed by atoms with E-state index in [1.165, 1.54) is 55.1 Å². The number of piperazine rings is 2. The monoisotopic (exact) mass is 976 g/mol. The Balaban J connectivity index is 0.000000184. The molecule has 2 fully saturated rings. The van der Waals surface area contributed by atoms with Crippen molar-refractivity contribution in [2.75, 3.05) is 62.2 Å². The number of halogens is 4. The van der Waals surface area contributed by atoms with Crippen LogP contribution in [0.3, 0.4) is 0 Å². The lowest BCUT2D eigenvalue weighted by atomic mass is 10.1. The molecule has 61 heavy (non-hydrogen) atoms. The minimum absolute atomic E-state index is 0.0553. The summed E-state index contributed by atoms with van der Waals surface area (Å²) >= 11 is 27.4. The first-order valence-corrected chi connectivity index (χ1v) is 25.8. The Morgan fingerprint density at radius 3 is 1.31 bits per heavy atom. The Morgan fingerprint density at radius 1 is 0.541 bits per heavy atom. The van der Waals surface area contributed by atoms with Gasteiger partial charge in [-0.15, -0.1) is 22.7 Å². The molecule has 4 aromatic carbocycles. The average Bonchev–Trinajstić information content (AvgIpc) is 3.94. The summed E-state index contributed by atoms with van der Waals surface area (Å²) in [6.07, 6.45) is 2.62. The minimum atomic E-state index is -3.69. The number of aryl methyl sites for hydroxylation is 2. The molecule has 6 aromatic rings. The van der Waals surface area contributed by atoms with Crippen LogP contribution in [-0.4, -0.2) is 87.8 Å². The van der Waals surface area contributed by atoms with E-state index in [4.69, 9.17) is 56.4 Å². The van der Waals surface area contributed by atoms with Crippen molar-refractivity contribution < 1.29 is 16.8 Å². The number of aromatic nitrogens is 2.